The largest absolute Gasteiger partial charge is 0.411 e. The predicted octanol–water partition coefficient (Wildman–Crippen LogP) is 1.30. The van der Waals surface area contributed by atoms with Crippen LogP contribution in [0, 0.1) is 6.92 Å². The Hall–Kier alpha value is -1.45. The number of rotatable bonds is 0. The average Bonchev–Trinajstić information content (AvgIpc) is 2.17. The van der Waals surface area contributed by atoms with Crippen LogP contribution in [0.3, 0.4) is 0 Å². The van der Waals surface area contributed by atoms with E-state index < -0.39 is 0 Å². The number of hydrogen-bond donors (Lipinski definition) is 1. The summed E-state index contributed by atoms with van der Waals surface area (Å²) in [6.45, 7) is 1.89. The summed E-state index contributed by atoms with van der Waals surface area (Å²) >= 11 is 0. The summed E-state index contributed by atoms with van der Waals surface area (Å²) in [5.41, 5.74) is 3.51. The van der Waals surface area contributed by atoms with E-state index >= 15 is 0 Å². The highest BCUT2D eigenvalue weighted by atomic mass is 16.4. The van der Waals surface area contributed by atoms with Gasteiger partial charge in [0.25, 0.3) is 0 Å². The molecule has 1 N–H and O–H groups in total. The van der Waals surface area contributed by atoms with Crippen LogP contribution in [0.25, 0.3) is 0 Å². The lowest BCUT2D eigenvalue weighted by Crippen LogP contribution is -2.14. The maximum absolute atomic E-state index is 8.77. The minimum absolute atomic E-state index is 0.735. The zero-order valence-electron chi connectivity index (χ0n) is 7.49. The summed E-state index contributed by atoms with van der Waals surface area (Å²) < 4.78 is 0. The number of aryl methyl sites for hydroxylation is 2. The van der Waals surface area contributed by atoms with Crippen molar-refractivity contribution in [2.75, 3.05) is 0 Å². The summed E-state index contributed by atoms with van der Waals surface area (Å²) in [6.07, 6.45) is 2.75. The van der Waals surface area contributed by atoms with Crippen LogP contribution < -0.4 is 0 Å². The lowest BCUT2D eigenvalue weighted by molar-refractivity contribution is 0.317. The molecule has 1 aromatic rings. The third-order valence-electron chi connectivity index (χ3n) is 2.25. The molecule has 0 spiro atoms. The van der Waals surface area contributed by atoms with Gasteiger partial charge in [0.05, 0.1) is 17.1 Å². The molecule has 0 fully saturated rings. The number of oxime groups is 1. The molecule has 0 unspecified atom stereocenters. The van der Waals surface area contributed by atoms with Crippen molar-refractivity contribution in [1.29, 1.82) is 0 Å². The Bertz CT molecular complexity index is 360. The van der Waals surface area contributed by atoms with Gasteiger partial charge in [-0.05, 0) is 32.3 Å². The monoisotopic (exact) mass is 177 g/mol. The van der Waals surface area contributed by atoms with Gasteiger partial charge in [0, 0.05) is 5.56 Å². The zero-order valence-corrected chi connectivity index (χ0v) is 7.49. The van der Waals surface area contributed by atoms with Crippen molar-refractivity contribution in [3.63, 3.8) is 0 Å². The van der Waals surface area contributed by atoms with Gasteiger partial charge in [-0.2, -0.15) is 10.2 Å². The predicted molar refractivity (Wildman–Crippen MR) is 48.0 cm³/mol. The second-order valence-electron chi connectivity index (χ2n) is 3.25. The standard InChI is InChI=1S/C9H11N3O/c1-6-5-7-8(11-10-6)3-2-4-9(7)12-13/h5,13H,2-4H2,1H3. The van der Waals surface area contributed by atoms with Crippen LogP contribution in [0.5, 0.6) is 0 Å². The summed E-state index contributed by atoms with van der Waals surface area (Å²) in [5, 5.41) is 20.1. The molecular weight excluding hydrogens is 166 g/mol. The molecule has 0 atom stereocenters. The van der Waals surface area contributed by atoms with E-state index in [2.05, 4.69) is 15.4 Å². The fourth-order valence-electron chi connectivity index (χ4n) is 1.61. The minimum Gasteiger partial charge on any atom is -0.411 e. The van der Waals surface area contributed by atoms with Crippen molar-refractivity contribution in [2.24, 2.45) is 5.16 Å². The Kier molecular flexibility index (Phi) is 1.96. The van der Waals surface area contributed by atoms with Crippen LogP contribution in [0.15, 0.2) is 11.2 Å². The Morgan fingerprint density at radius 3 is 3.00 bits per heavy atom. The molecule has 1 heterocycles. The van der Waals surface area contributed by atoms with Gasteiger partial charge in [-0.25, -0.2) is 0 Å². The fraction of sp³-hybridized carbons (Fsp3) is 0.444. The first-order valence-corrected chi connectivity index (χ1v) is 4.36. The van der Waals surface area contributed by atoms with Crippen molar-refractivity contribution < 1.29 is 5.21 Å². The molecular formula is C9H11N3O. The molecule has 1 aliphatic rings. The van der Waals surface area contributed by atoms with E-state index in [1.165, 1.54) is 0 Å². The smallest absolute Gasteiger partial charge is 0.0887 e. The SMILES string of the molecule is Cc1cc2c(nn1)CCCC2=NO. The average molecular weight is 177 g/mol. The zero-order chi connectivity index (χ0) is 9.26. The Labute approximate surface area is 76.3 Å². The van der Waals surface area contributed by atoms with Crippen molar-refractivity contribution in [3.8, 4) is 0 Å². The summed E-state index contributed by atoms with van der Waals surface area (Å²) in [7, 11) is 0. The topological polar surface area (TPSA) is 58.4 Å². The van der Waals surface area contributed by atoms with Crippen molar-refractivity contribution >= 4 is 5.71 Å². The van der Waals surface area contributed by atoms with Gasteiger partial charge in [0.1, 0.15) is 0 Å². The third-order valence-corrected chi connectivity index (χ3v) is 2.25. The fourth-order valence-corrected chi connectivity index (χ4v) is 1.61. The van der Waals surface area contributed by atoms with E-state index in [9.17, 15) is 0 Å². The lowest BCUT2D eigenvalue weighted by Gasteiger charge is -2.14. The normalized spacial score (nSPS) is 18.7. The van der Waals surface area contributed by atoms with E-state index in [1.54, 1.807) is 0 Å². The first kappa shape index (κ1) is 8.16. The molecule has 0 saturated carbocycles. The van der Waals surface area contributed by atoms with Gasteiger partial charge in [0.15, 0.2) is 0 Å². The second-order valence-corrected chi connectivity index (χ2v) is 3.25. The summed E-state index contributed by atoms with van der Waals surface area (Å²) in [6, 6.07) is 1.93. The molecule has 13 heavy (non-hydrogen) atoms. The van der Waals surface area contributed by atoms with Crippen LogP contribution in [0.4, 0.5) is 0 Å². The maximum Gasteiger partial charge on any atom is 0.0887 e. The van der Waals surface area contributed by atoms with Gasteiger partial charge in [-0.3, -0.25) is 0 Å². The molecule has 0 bridgehead atoms. The van der Waals surface area contributed by atoms with Crippen molar-refractivity contribution in [3.05, 3.63) is 23.0 Å². The molecule has 0 radical (unpaired) electrons. The number of fused-ring (bicyclic) bond motifs is 1. The van der Waals surface area contributed by atoms with Crippen molar-refractivity contribution in [2.45, 2.75) is 26.2 Å². The molecule has 0 aliphatic heterocycles. The highest BCUT2D eigenvalue weighted by Gasteiger charge is 2.17. The van der Waals surface area contributed by atoms with E-state index in [4.69, 9.17) is 5.21 Å². The van der Waals surface area contributed by atoms with E-state index in [1.807, 2.05) is 13.0 Å². The second kappa shape index (κ2) is 3.12. The summed E-state index contributed by atoms with van der Waals surface area (Å²) in [5.74, 6) is 0. The van der Waals surface area contributed by atoms with Crippen LogP contribution in [0.2, 0.25) is 0 Å². The van der Waals surface area contributed by atoms with Gasteiger partial charge >= 0.3 is 0 Å². The number of aromatic nitrogens is 2. The molecule has 0 saturated heterocycles. The summed E-state index contributed by atoms with van der Waals surface area (Å²) in [4.78, 5) is 0. The van der Waals surface area contributed by atoms with E-state index in [0.717, 1.165) is 41.9 Å². The van der Waals surface area contributed by atoms with Crippen molar-refractivity contribution in [1.82, 2.24) is 10.2 Å². The molecule has 68 valence electrons. The molecule has 4 nitrogen and oxygen atoms in total. The van der Waals surface area contributed by atoms with E-state index in [-0.39, 0.29) is 0 Å². The van der Waals surface area contributed by atoms with Crippen LogP contribution >= 0.6 is 0 Å². The molecule has 1 aromatic heterocycles. The maximum atomic E-state index is 8.77. The third kappa shape index (κ3) is 1.39. The first-order valence-electron chi connectivity index (χ1n) is 4.36. The quantitative estimate of drug-likeness (QED) is 0.480. The van der Waals surface area contributed by atoms with Gasteiger partial charge in [-0.1, -0.05) is 5.16 Å². The molecule has 1 aliphatic carbocycles. The highest BCUT2D eigenvalue weighted by Crippen LogP contribution is 2.19. The lowest BCUT2D eigenvalue weighted by atomic mass is 9.94. The van der Waals surface area contributed by atoms with Crippen LogP contribution in [-0.2, 0) is 6.42 Å². The first-order chi connectivity index (χ1) is 6.31. The van der Waals surface area contributed by atoms with Gasteiger partial charge < -0.3 is 5.21 Å². The Morgan fingerprint density at radius 1 is 1.38 bits per heavy atom. The molecule has 0 aromatic carbocycles. The van der Waals surface area contributed by atoms with E-state index in [0.29, 0.717) is 0 Å². The van der Waals surface area contributed by atoms with Gasteiger partial charge in [0.2, 0.25) is 0 Å². The minimum atomic E-state index is 0.735. The highest BCUT2D eigenvalue weighted by molar-refractivity contribution is 6.01. The van der Waals surface area contributed by atoms with Crippen LogP contribution in [0.1, 0.15) is 29.8 Å². The molecule has 4 heteroatoms. The number of hydrogen-bond acceptors (Lipinski definition) is 4. The van der Waals surface area contributed by atoms with Crippen LogP contribution in [-0.4, -0.2) is 21.1 Å². The Morgan fingerprint density at radius 2 is 2.23 bits per heavy atom. The number of nitrogens with zero attached hydrogens (tertiary/aromatic N) is 3. The Balaban J connectivity index is 2.54. The molecule has 2 rings (SSSR count). The molecule has 0 amide bonds. The van der Waals surface area contributed by atoms with Gasteiger partial charge in [-0.15, -0.1) is 0 Å².